The second-order valence-electron chi connectivity index (χ2n) is 3.59. The molecule has 0 aliphatic rings. The van der Waals surface area contributed by atoms with Gasteiger partial charge in [0.15, 0.2) is 6.39 Å². The molecule has 0 amide bonds. The maximum Gasteiger partial charge on any atom is 0.335 e. The molecule has 18 heavy (non-hydrogen) atoms. The normalized spacial score (nSPS) is 10.3. The zero-order valence-corrected chi connectivity index (χ0v) is 11.7. The molecule has 0 unspecified atom stereocenters. The number of hydrogen-bond donors (Lipinski definition) is 1. The van der Waals surface area contributed by atoms with Crippen molar-refractivity contribution >= 4 is 28.6 Å². The highest BCUT2D eigenvalue weighted by atomic mass is 127. The number of carboxylic acid groups (broad SMARTS) is 1. The Hall–Kier alpha value is -1.57. The van der Waals surface area contributed by atoms with Crippen LogP contribution in [0.5, 0.6) is 5.75 Å². The predicted molar refractivity (Wildman–Crippen MR) is 71.7 cm³/mol. The van der Waals surface area contributed by atoms with E-state index >= 15 is 0 Å². The number of carbonyl (C=O) groups is 1. The molecule has 0 atom stereocenters. The fraction of sp³-hybridized carbons (Fsp3) is 0.167. The van der Waals surface area contributed by atoms with Gasteiger partial charge in [-0.3, -0.25) is 0 Å². The van der Waals surface area contributed by atoms with Gasteiger partial charge in [-0.25, -0.2) is 9.78 Å². The lowest BCUT2D eigenvalue weighted by molar-refractivity contribution is 0.0696. The molecular weight excluding hydrogens is 349 g/mol. The smallest absolute Gasteiger partial charge is 0.335 e. The maximum absolute atomic E-state index is 10.9. The number of aromatic carboxylic acids is 1. The van der Waals surface area contributed by atoms with Crippen LogP contribution in [0.1, 0.15) is 21.8 Å². The molecule has 0 spiro atoms. The van der Waals surface area contributed by atoms with Crippen molar-refractivity contribution in [3.05, 3.63) is 45.2 Å². The van der Waals surface area contributed by atoms with Gasteiger partial charge in [-0.05, 0) is 47.7 Å². The third-order valence-electron chi connectivity index (χ3n) is 2.39. The summed E-state index contributed by atoms with van der Waals surface area (Å²) in [4.78, 5) is 14.9. The molecule has 0 saturated carbocycles. The van der Waals surface area contributed by atoms with Crippen molar-refractivity contribution in [3.8, 4) is 5.75 Å². The van der Waals surface area contributed by atoms with Crippen LogP contribution in [0.3, 0.4) is 0 Å². The Kier molecular flexibility index (Phi) is 3.85. The summed E-state index contributed by atoms with van der Waals surface area (Å²) in [6.07, 6.45) is 1.35. The minimum atomic E-state index is -0.978. The first-order valence-corrected chi connectivity index (χ1v) is 6.20. The maximum atomic E-state index is 10.9. The van der Waals surface area contributed by atoms with E-state index < -0.39 is 5.97 Å². The van der Waals surface area contributed by atoms with Crippen molar-refractivity contribution in [2.75, 3.05) is 0 Å². The summed E-state index contributed by atoms with van der Waals surface area (Å²) in [6, 6.07) is 4.74. The number of nitrogens with zero attached hydrogens (tertiary/aromatic N) is 1. The molecule has 2 rings (SSSR count). The number of halogens is 1. The monoisotopic (exact) mass is 359 g/mol. The fourth-order valence-electron chi connectivity index (χ4n) is 1.36. The van der Waals surface area contributed by atoms with Crippen LogP contribution >= 0.6 is 22.6 Å². The molecule has 1 aromatic carbocycles. The zero-order valence-electron chi connectivity index (χ0n) is 9.51. The van der Waals surface area contributed by atoms with Gasteiger partial charge in [0.2, 0.25) is 0 Å². The van der Waals surface area contributed by atoms with Gasteiger partial charge in [-0.1, -0.05) is 0 Å². The van der Waals surface area contributed by atoms with Gasteiger partial charge in [0, 0.05) is 0 Å². The van der Waals surface area contributed by atoms with Crippen LogP contribution in [0, 0.1) is 10.5 Å². The van der Waals surface area contributed by atoms with Gasteiger partial charge < -0.3 is 14.3 Å². The molecule has 5 nitrogen and oxygen atoms in total. The summed E-state index contributed by atoms with van der Waals surface area (Å²) in [5, 5.41) is 8.91. The van der Waals surface area contributed by atoms with Gasteiger partial charge in [0.1, 0.15) is 23.8 Å². The van der Waals surface area contributed by atoms with Crippen LogP contribution in [0.25, 0.3) is 0 Å². The summed E-state index contributed by atoms with van der Waals surface area (Å²) in [5.41, 5.74) is 0.897. The van der Waals surface area contributed by atoms with Crippen molar-refractivity contribution in [2.45, 2.75) is 13.5 Å². The molecular formula is C12H10INO4. The number of benzene rings is 1. The Morgan fingerprint density at radius 3 is 2.94 bits per heavy atom. The lowest BCUT2D eigenvalue weighted by atomic mass is 10.2. The first-order chi connectivity index (χ1) is 8.58. The highest BCUT2D eigenvalue weighted by Gasteiger charge is 2.10. The van der Waals surface area contributed by atoms with Gasteiger partial charge in [-0.2, -0.15) is 0 Å². The van der Waals surface area contributed by atoms with Crippen molar-refractivity contribution in [3.63, 3.8) is 0 Å². The SMILES string of the molecule is Cc1ocnc1COc1cc(C(=O)O)ccc1I. The highest BCUT2D eigenvalue weighted by Crippen LogP contribution is 2.23. The third kappa shape index (κ3) is 2.81. The molecule has 1 aromatic heterocycles. The van der Waals surface area contributed by atoms with Crippen LogP contribution in [-0.4, -0.2) is 16.1 Å². The minimum absolute atomic E-state index is 0.197. The van der Waals surface area contributed by atoms with E-state index in [-0.39, 0.29) is 12.2 Å². The van der Waals surface area contributed by atoms with Crippen LogP contribution in [-0.2, 0) is 6.61 Å². The first-order valence-electron chi connectivity index (χ1n) is 5.12. The van der Waals surface area contributed by atoms with Crippen molar-refractivity contribution in [1.29, 1.82) is 0 Å². The summed E-state index contributed by atoms with van der Waals surface area (Å²) in [7, 11) is 0. The molecule has 6 heteroatoms. The number of rotatable bonds is 4. The Morgan fingerprint density at radius 2 is 2.33 bits per heavy atom. The van der Waals surface area contributed by atoms with E-state index in [0.29, 0.717) is 17.2 Å². The Bertz CT molecular complexity index is 579. The molecule has 0 bridgehead atoms. The van der Waals surface area contributed by atoms with Crippen LogP contribution in [0.2, 0.25) is 0 Å². The quantitative estimate of drug-likeness (QED) is 0.850. The van der Waals surface area contributed by atoms with Crippen LogP contribution in [0.4, 0.5) is 0 Å². The van der Waals surface area contributed by atoms with E-state index in [0.717, 1.165) is 3.57 Å². The van der Waals surface area contributed by atoms with E-state index in [2.05, 4.69) is 27.6 Å². The largest absolute Gasteiger partial charge is 0.486 e. The second kappa shape index (κ2) is 5.38. The Labute approximate surface area is 117 Å². The molecule has 0 fully saturated rings. The minimum Gasteiger partial charge on any atom is -0.486 e. The van der Waals surface area contributed by atoms with Crippen LogP contribution in [0.15, 0.2) is 29.0 Å². The third-order valence-corrected chi connectivity index (χ3v) is 3.28. The molecule has 1 N–H and O–H groups in total. The zero-order chi connectivity index (χ0) is 13.1. The average Bonchev–Trinajstić information content (AvgIpc) is 2.73. The molecule has 2 aromatic rings. The second-order valence-corrected chi connectivity index (χ2v) is 4.76. The van der Waals surface area contributed by atoms with Gasteiger partial charge in [-0.15, -0.1) is 0 Å². The molecule has 94 valence electrons. The molecule has 1 heterocycles. The molecule has 0 aliphatic heterocycles. The topological polar surface area (TPSA) is 72.6 Å². The van der Waals surface area contributed by atoms with E-state index in [4.69, 9.17) is 14.3 Å². The highest BCUT2D eigenvalue weighted by molar-refractivity contribution is 14.1. The molecule has 0 radical (unpaired) electrons. The van der Waals surface area contributed by atoms with E-state index in [1.54, 1.807) is 13.0 Å². The van der Waals surface area contributed by atoms with Crippen molar-refractivity contribution in [1.82, 2.24) is 4.98 Å². The molecule has 0 aliphatic carbocycles. The standard InChI is InChI=1S/C12H10INO4/c1-7-10(14-6-18-7)5-17-11-4-8(12(15)16)2-3-9(11)13/h2-4,6H,5H2,1H3,(H,15,16). The first kappa shape index (κ1) is 12.9. The van der Waals surface area contributed by atoms with Gasteiger partial charge in [0.25, 0.3) is 0 Å². The fourth-order valence-corrected chi connectivity index (χ4v) is 1.85. The number of oxazole rings is 1. The lowest BCUT2D eigenvalue weighted by Crippen LogP contribution is -2.02. The number of ether oxygens (including phenoxy) is 1. The van der Waals surface area contributed by atoms with Crippen LogP contribution < -0.4 is 4.74 Å². The van der Waals surface area contributed by atoms with E-state index in [1.807, 2.05) is 0 Å². The summed E-state index contributed by atoms with van der Waals surface area (Å²) in [5.74, 6) is 0.242. The van der Waals surface area contributed by atoms with Gasteiger partial charge >= 0.3 is 5.97 Å². The average molecular weight is 359 g/mol. The predicted octanol–water partition coefficient (Wildman–Crippen LogP) is 2.86. The Morgan fingerprint density at radius 1 is 1.56 bits per heavy atom. The van der Waals surface area contributed by atoms with Gasteiger partial charge in [0.05, 0.1) is 9.13 Å². The van der Waals surface area contributed by atoms with E-state index in [9.17, 15) is 4.79 Å². The summed E-state index contributed by atoms with van der Waals surface area (Å²) >= 11 is 2.09. The van der Waals surface area contributed by atoms with Crippen molar-refractivity contribution in [2.24, 2.45) is 0 Å². The van der Waals surface area contributed by atoms with Crippen molar-refractivity contribution < 1.29 is 19.1 Å². The number of hydrogen-bond acceptors (Lipinski definition) is 4. The summed E-state index contributed by atoms with van der Waals surface area (Å²) < 4.78 is 11.5. The Balaban J connectivity index is 2.16. The summed E-state index contributed by atoms with van der Waals surface area (Å²) in [6.45, 7) is 2.05. The van der Waals surface area contributed by atoms with E-state index in [1.165, 1.54) is 18.5 Å². The number of carboxylic acids is 1. The molecule has 0 saturated heterocycles. The lowest BCUT2D eigenvalue weighted by Gasteiger charge is -2.07. The number of aromatic nitrogens is 1. The number of aryl methyl sites for hydroxylation is 1.